The molecule has 0 aromatic rings. The Balaban J connectivity index is 4.30. The second-order valence-electron chi connectivity index (χ2n) is 4.12. The first kappa shape index (κ1) is 12.1. The van der Waals surface area contributed by atoms with Crippen LogP contribution in [0.3, 0.4) is 0 Å². The third kappa shape index (κ3) is 4.88. The van der Waals surface area contributed by atoms with E-state index in [0.717, 1.165) is 0 Å². The molecule has 0 saturated carbocycles. The summed E-state index contributed by atoms with van der Waals surface area (Å²) in [6.07, 6.45) is 0.528. The zero-order valence-electron chi connectivity index (χ0n) is 8.19. The fourth-order valence-corrected chi connectivity index (χ4v) is 2.28. The molecule has 0 heterocycles. The van der Waals surface area contributed by atoms with Crippen molar-refractivity contribution in [2.75, 3.05) is 27.7 Å². The van der Waals surface area contributed by atoms with Gasteiger partial charge in [0, 0.05) is 0 Å². The largest absolute Gasteiger partial charge is 0.334 e. The van der Waals surface area contributed by atoms with Crippen molar-refractivity contribution < 1.29 is 18.8 Å². The standard InChI is InChI=1S/C7H18NO3P/c1-5-7(12(9,10)11)6-8(2,3)4/h7H,5-6H2,1-4H3,(H-,9,10,11)/p+1. The summed E-state index contributed by atoms with van der Waals surface area (Å²) in [6, 6.07) is 0. The molecule has 1 unspecified atom stereocenters. The first-order valence-corrected chi connectivity index (χ1v) is 5.70. The highest BCUT2D eigenvalue weighted by atomic mass is 31.2. The highest BCUT2D eigenvalue weighted by Gasteiger charge is 2.31. The molecule has 2 N–H and O–H groups in total. The molecule has 4 nitrogen and oxygen atoms in total. The Kier molecular flexibility index (Phi) is 3.91. The van der Waals surface area contributed by atoms with Crippen LogP contribution >= 0.6 is 7.60 Å². The molecule has 0 amide bonds. The number of hydrogen-bond donors (Lipinski definition) is 2. The molecule has 0 fully saturated rings. The molecular weight excluding hydrogens is 177 g/mol. The van der Waals surface area contributed by atoms with E-state index in [0.29, 0.717) is 17.4 Å². The van der Waals surface area contributed by atoms with Gasteiger partial charge in [-0.25, -0.2) is 0 Å². The Morgan fingerprint density at radius 3 is 1.83 bits per heavy atom. The minimum atomic E-state index is -3.89. The Morgan fingerprint density at radius 2 is 1.75 bits per heavy atom. The van der Waals surface area contributed by atoms with Gasteiger partial charge in [-0.05, 0) is 6.42 Å². The third-order valence-electron chi connectivity index (χ3n) is 1.71. The van der Waals surface area contributed by atoms with E-state index in [9.17, 15) is 4.57 Å². The average molecular weight is 196 g/mol. The van der Waals surface area contributed by atoms with Gasteiger partial charge in [0.2, 0.25) is 0 Å². The van der Waals surface area contributed by atoms with Crippen LogP contribution in [0, 0.1) is 0 Å². The normalized spacial score (nSPS) is 16.2. The van der Waals surface area contributed by atoms with Crippen molar-refractivity contribution in [3.63, 3.8) is 0 Å². The summed E-state index contributed by atoms with van der Waals surface area (Å²) in [4.78, 5) is 17.9. The van der Waals surface area contributed by atoms with Crippen LogP contribution in [0.1, 0.15) is 13.3 Å². The molecule has 5 heteroatoms. The summed E-state index contributed by atoms with van der Waals surface area (Å²) in [5.74, 6) is 0. The fraction of sp³-hybridized carbons (Fsp3) is 1.00. The van der Waals surface area contributed by atoms with Crippen molar-refractivity contribution in [1.29, 1.82) is 0 Å². The summed E-state index contributed by atoms with van der Waals surface area (Å²) in [6.45, 7) is 2.32. The quantitative estimate of drug-likeness (QED) is 0.512. The molecule has 0 rings (SSSR count). The molecule has 0 aliphatic carbocycles. The van der Waals surface area contributed by atoms with Gasteiger partial charge in [0.15, 0.2) is 0 Å². The maximum absolute atomic E-state index is 10.9. The molecule has 0 aliphatic heterocycles. The average Bonchev–Trinajstić information content (AvgIpc) is 1.78. The van der Waals surface area contributed by atoms with E-state index >= 15 is 0 Å². The van der Waals surface area contributed by atoms with E-state index < -0.39 is 13.3 Å². The monoisotopic (exact) mass is 196 g/mol. The van der Waals surface area contributed by atoms with Crippen LogP contribution in [-0.4, -0.2) is 47.6 Å². The first-order chi connectivity index (χ1) is 5.17. The predicted octanol–water partition coefficient (Wildman–Crippen LogP) is 0.649. The lowest BCUT2D eigenvalue weighted by molar-refractivity contribution is -0.870. The molecule has 0 saturated heterocycles. The van der Waals surface area contributed by atoms with E-state index in [2.05, 4.69) is 0 Å². The molecule has 0 aromatic heterocycles. The molecule has 0 spiro atoms. The minimum absolute atomic E-state index is 0.502. The summed E-state index contributed by atoms with van der Waals surface area (Å²) in [7, 11) is 1.90. The topological polar surface area (TPSA) is 57.5 Å². The Morgan fingerprint density at radius 1 is 1.33 bits per heavy atom. The molecule has 0 aliphatic rings. The van der Waals surface area contributed by atoms with E-state index in [1.54, 1.807) is 6.92 Å². The second kappa shape index (κ2) is 3.88. The van der Waals surface area contributed by atoms with Crippen molar-refractivity contribution in [3.05, 3.63) is 0 Å². The van der Waals surface area contributed by atoms with Gasteiger partial charge in [0.1, 0.15) is 5.66 Å². The molecule has 74 valence electrons. The van der Waals surface area contributed by atoms with E-state index in [1.165, 1.54) is 0 Å². The zero-order valence-corrected chi connectivity index (χ0v) is 9.08. The second-order valence-corrected chi connectivity index (χ2v) is 6.03. The van der Waals surface area contributed by atoms with Gasteiger partial charge in [-0.3, -0.25) is 4.57 Å². The van der Waals surface area contributed by atoms with Gasteiger partial charge in [-0.1, -0.05) is 6.92 Å². The maximum atomic E-state index is 10.9. The zero-order chi connectivity index (χ0) is 9.99. The van der Waals surface area contributed by atoms with Gasteiger partial charge in [0.05, 0.1) is 27.7 Å². The smallest absolute Gasteiger partial charge is 0.330 e. The van der Waals surface area contributed by atoms with Crippen molar-refractivity contribution in [2.24, 2.45) is 0 Å². The highest BCUT2D eigenvalue weighted by Crippen LogP contribution is 2.43. The lowest BCUT2D eigenvalue weighted by Gasteiger charge is -2.28. The summed E-state index contributed by atoms with van der Waals surface area (Å²) < 4.78 is 11.5. The number of quaternary nitrogens is 1. The van der Waals surface area contributed by atoms with Crippen molar-refractivity contribution in [2.45, 2.75) is 19.0 Å². The van der Waals surface area contributed by atoms with Crippen LogP contribution in [0.4, 0.5) is 0 Å². The molecule has 0 radical (unpaired) electrons. The Bertz CT molecular complexity index is 182. The number of rotatable bonds is 4. The minimum Gasteiger partial charge on any atom is -0.330 e. The lowest BCUT2D eigenvalue weighted by Crippen LogP contribution is -2.41. The molecule has 12 heavy (non-hydrogen) atoms. The van der Waals surface area contributed by atoms with E-state index in [1.807, 2.05) is 21.1 Å². The van der Waals surface area contributed by atoms with E-state index in [4.69, 9.17) is 9.79 Å². The van der Waals surface area contributed by atoms with Gasteiger partial charge in [-0.15, -0.1) is 0 Å². The summed E-state index contributed by atoms with van der Waals surface area (Å²) in [5.41, 5.74) is -0.502. The Hall–Kier alpha value is 0.110. The molecular formula is C7H19NO3P+. The van der Waals surface area contributed by atoms with Crippen molar-refractivity contribution in [1.82, 2.24) is 0 Å². The molecule has 0 aromatic carbocycles. The van der Waals surface area contributed by atoms with Crippen LogP contribution in [0.25, 0.3) is 0 Å². The fourth-order valence-electron chi connectivity index (χ4n) is 1.11. The maximum Gasteiger partial charge on any atom is 0.334 e. The van der Waals surface area contributed by atoms with Gasteiger partial charge in [0.25, 0.3) is 0 Å². The third-order valence-corrected chi connectivity index (χ3v) is 3.19. The number of nitrogens with zero attached hydrogens (tertiary/aromatic N) is 1. The van der Waals surface area contributed by atoms with Crippen LogP contribution in [-0.2, 0) is 4.57 Å². The number of hydrogen-bond acceptors (Lipinski definition) is 1. The summed E-state index contributed by atoms with van der Waals surface area (Å²) >= 11 is 0. The van der Waals surface area contributed by atoms with Gasteiger partial charge >= 0.3 is 7.60 Å². The van der Waals surface area contributed by atoms with Gasteiger partial charge in [-0.2, -0.15) is 0 Å². The SMILES string of the molecule is CCC(C[N+](C)(C)C)P(=O)(O)O. The van der Waals surface area contributed by atoms with Crippen molar-refractivity contribution >= 4 is 7.60 Å². The van der Waals surface area contributed by atoms with Gasteiger partial charge < -0.3 is 14.3 Å². The van der Waals surface area contributed by atoms with Crippen LogP contribution < -0.4 is 0 Å². The van der Waals surface area contributed by atoms with Crippen LogP contribution in [0.2, 0.25) is 0 Å². The predicted molar refractivity (Wildman–Crippen MR) is 49.0 cm³/mol. The lowest BCUT2D eigenvalue weighted by atomic mass is 10.3. The van der Waals surface area contributed by atoms with E-state index in [-0.39, 0.29) is 0 Å². The first-order valence-electron chi connectivity index (χ1n) is 4.02. The van der Waals surface area contributed by atoms with Crippen molar-refractivity contribution in [3.8, 4) is 0 Å². The van der Waals surface area contributed by atoms with Crippen LogP contribution in [0.15, 0.2) is 0 Å². The molecule has 1 atom stereocenters. The highest BCUT2D eigenvalue weighted by molar-refractivity contribution is 7.52. The Labute approximate surface area is 74.0 Å². The van der Waals surface area contributed by atoms with Crippen LogP contribution in [0.5, 0.6) is 0 Å². The summed E-state index contributed by atoms with van der Waals surface area (Å²) in [5, 5.41) is 0. The molecule has 0 bridgehead atoms.